The number of methoxy groups -OCH3 is 1. The number of carbonyl (C=O) groups excluding carboxylic acids is 1. The highest BCUT2D eigenvalue weighted by molar-refractivity contribution is 7.80. The minimum absolute atomic E-state index is 0.242. The van der Waals surface area contributed by atoms with E-state index in [9.17, 15) is 4.79 Å². The lowest BCUT2D eigenvalue weighted by molar-refractivity contribution is 0.0518. The molecule has 16 heavy (non-hydrogen) atoms. The molecule has 1 aromatic carbocycles. The van der Waals surface area contributed by atoms with E-state index in [1.54, 1.807) is 6.92 Å². The van der Waals surface area contributed by atoms with E-state index in [4.69, 9.17) is 14.7 Å². The quantitative estimate of drug-likeness (QED) is 0.645. The molecular weight excluding hydrogens is 226 g/mol. The number of nitriles is 1. The van der Waals surface area contributed by atoms with Crippen LogP contribution in [0.1, 0.15) is 22.8 Å². The molecular formula is C11H11NO3S. The van der Waals surface area contributed by atoms with Crippen LogP contribution < -0.4 is 4.74 Å². The van der Waals surface area contributed by atoms with Crippen LogP contribution in [0.4, 0.5) is 0 Å². The van der Waals surface area contributed by atoms with Gasteiger partial charge in [-0.05, 0) is 19.1 Å². The average molecular weight is 237 g/mol. The summed E-state index contributed by atoms with van der Waals surface area (Å²) in [6.07, 6.45) is 0. The molecule has 0 aromatic heterocycles. The van der Waals surface area contributed by atoms with Gasteiger partial charge in [0.25, 0.3) is 0 Å². The third-order valence-electron chi connectivity index (χ3n) is 1.91. The van der Waals surface area contributed by atoms with Crippen molar-refractivity contribution in [3.05, 3.63) is 23.3 Å². The van der Waals surface area contributed by atoms with Crippen LogP contribution in [0, 0.1) is 11.3 Å². The summed E-state index contributed by atoms with van der Waals surface area (Å²) in [4.78, 5) is 12.0. The summed E-state index contributed by atoms with van der Waals surface area (Å²) < 4.78 is 9.91. The highest BCUT2D eigenvalue weighted by atomic mass is 32.1. The Morgan fingerprint density at radius 1 is 1.56 bits per heavy atom. The molecule has 1 rings (SSSR count). The van der Waals surface area contributed by atoms with Crippen molar-refractivity contribution >= 4 is 18.6 Å². The van der Waals surface area contributed by atoms with Crippen molar-refractivity contribution in [2.45, 2.75) is 11.8 Å². The zero-order chi connectivity index (χ0) is 12.1. The lowest BCUT2D eigenvalue weighted by atomic mass is 10.1. The zero-order valence-corrected chi connectivity index (χ0v) is 9.88. The molecule has 0 aliphatic rings. The standard InChI is InChI=1S/C11H11NO3S/c1-3-15-11(13)10-8(14-2)4-7(6-12)5-9(10)16/h4-5,16H,3H2,1-2H3. The number of rotatable bonds is 3. The first-order valence-corrected chi connectivity index (χ1v) is 5.07. The molecule has 0 N–H and O–H groups in total. The zero-order valence-electron chi connectivity index (χ0n) is 8.98. The van der Waals surface area contributed by atoms with Crippen molar-refractivity contribution in [3.8, 4) is 11.8 Å². The van der Waals surface area contributed by atoms with Crippen molar-refractivity contribution in [1.82, 2.24) is 0 Å². The third kappa shape index (κ3) is 2.47. The van der Waals surface area contributed by atoms with E-state index in [-0.39, 0.29) is 12.2 Å². The lowest BCUT2D eigenvalue weighted by Gasteiger charge is -2.10. The number of ether oxygens (including phenoxy) is 2. The minimum atomic E-state index is -0.506. The molecule has 0 aliphatic heterocycles. The summed E-state index contributed by atoms with van der Waals surface area (Å²) in [5.41, 5.74) is 0.626. The van der Waals surface area contributed by atoms with Gasteiger partial charge in [-0.15, -0.1) is 12.6 Å². The smallest absolute Gasteiger partial charge is 0.343 e. The molecule has 0 heterocycles. The van der Waals surface area contributed by atoms with E-state index in [0.717, 1.165) is 0 Å². The number of hydrogen-bond donors (Lipinski definition) is 1. The molecule has 0 saturated heterocycles. The number of nitrogens with zero attached hydrogens (tertiary/aromatic N) is 1. The molecule has 0 atom stereocenters. The predicted octanol–water partition coefficient (Wildman–Crippen LogP) is 2.03. The summed E-state index contributed by atoms with van der Waals surface area (Å²) in [5.74, 6) is -0.212. The van der Waals surface area contributed by atoms with Crippen molar-refractivity contribution in [2.24, 2.45) is 0 Å². The molecule has 0 fully saturated rings. The Morgan fingerprint density at radius 2 is 2.25 bits per heavy atom. The molecule has 4 nitrogen and oxygen atoms in total. The first-order valence-electron chi connectivity index (χ1n) is 4.62. The first kappa shape index (κ1) is 12.4. The molecule has 5 heteroatoms. The van der Waals surface area contributed by atoms with Gasteiger partial charge in [0.1, 0.15) is 11.3 Å². The summed E-state index contributed by atoms with van der Waals surface area (Å²) in [6.45, 7) is 1.99. The van der Waals surface area contributed by atoms with Gasteiger partial charge >= 0.3 is 5.97 Å². The number of benzene rings is 1. The maximum absolute atomic E-state index is 11.6. The summed E-state index contributed by atoms with van der Waals surface area (Å²) in [7, 11) is 1.42. The van der Waals surface area contributed by atoms with Crippen molar-refractivity contribution in [1.29, 1.82) is 5.26 Å². The molecule has 0 unspecified atom stereocenters. The molecule has 0 bridgehead atoms. The maximum Gasteiger partial charge on any atom is 0.343 e. The second kappa shape index (κ2) is 5.42. The summed E-state index contributed by atoms with van der Waals surface area (Å²) >= 11 is 4.15. The monoisotopic (exact) mass is 237 g/mol. The Balaban J connectivity index is 3.28. The van der Waals surface area contributed by atoms with Crippen LogP contribution in [0.25, 0.3) is 0 Å². The Hall–Kier alpha value is -1.67. The van der Waals surface area contributed by atoms with Crippen LogP contribution in [0.5, 0.6) is 5.75 Å². The second-order valence-corrected chi connectivity index (χ2v) is 3.39. The fourth-order valence-electron chi connectivity index (χ4n) is 1.23. The Labute approximate surface area is 99.2 Å². The first-order chi connectivity index (χ1) is 7.63. The number of thiol groups is 1. The fraction of sp³-hybridized carbons (Fsp3) is 0.273. The van der Waals surface area contributed by atoms with Gasteiger partial charge in [0, 0.05) is 4.90 Å². The van der Waals surface area contributed by atoms with Crippen LogP contribution in [-0.4, -0.2) is 19.7 Å². The normalized spacial score (nSPS) is 9.38. The average Bonchev–Trinajstić information content (AvgIpc) is 2.27. The molecule has 84 valence electrons. The predicted molar refractivity (Wildman–Crippen MR) is 60.9 cm³/mol. The molecule has 1 aromatic rings. The van der Waals surface area contributed by atoms with Gasteiger partial charge in [-0.3, -0.25) is 0 Å². The van der Waals surface area contributed by atoms with E-state index >= 15 is 0 Å². The Morgan fingerprint density at radius 3 is 2.75 bits per heavy atom. The Kier molecular flexibility index (Phi) is 4.20. The van der Waals surface area contributed by atoms with Gasteiger partial charge in [0.2, 0.25) is 0 Å². The SMILES string of the molecule is CCOC(=O)c1c(S)cc(C#N)cc1OC. The molecule has 0 aliphatic carbocycles. The number of esters is 1. The second-order valence-electron chi connectivity index (χ2n) is 2.90. The van der Waals surface area contributed by atoms with Crippen LogP contribution in [0.3, 0.4) is 0 Å². The highest BCUT2D eigenvalue weighted by Gasteiger charge is 2.18. The van der Waals surface area contributed by atoms with Gasteiger partial charge in [-0.25, -0.2) is 4.79 Å². The van der Waals surface area contributed by atoms with E-state index in [2.05, 4.69) is 12.6 Å². The van der Waals surface area contributed by atoms with Gasteiger partial charge in [0.15, 0.2) is 0 Å². The maximum atomic E-state index is 11.6. The highest BCUT2D eigenvalue weighted by Crippen LogP contribution is 2.27. The van der Waals surface area contributed by atoms with Crippen LogP contribution in [0.2, 0.25) is 0 Å². The van der Waals surface area contributed by atoms with E-state index in [0.29, 0.717) is 16.2 Å². The molecule has 0 amide bonds. The Bertz CT molecular complexity index is 451. The third-order valence-corrected chi connectivity index (χ3v) is 2.26. The van der Waals surface area contributed by atoms with E-state index in [1.807, 2.05) is 6.07 Å². The molecule has 0 radical (unpaired) electrons. The summed E-state index contributed by atoms with van der Waals surface area (Å²) in [5, 5.41) is 8.76. The molecule has 0 spiro atoms. The topological polar surface area (TPSA) is 59.3 Å². The molecule has 0 saturated carbocycles. The van der Waals surface area contributed by atoms with Gasteiger partial charge in [-0.1, -0.05) is 0 Å². The largest absolute Gasteiger partial charge is 0.496 e. The summed E-state index contributed by atoms with van der Waals surface area (Å²) in [6, 6.07) is 4.94. The number of hydrogen-bond acceptors (Lipinski definition) is 5. The van der Waals surface area contributed by atoms with Gasteiger partial charge < -0.3 is 9.47 Å². The van der Waals surface area contributed by atoms with Crippen molar-refractivity contribution in [2.75, 3.05) is 13.7 Å². The number of carbonyl (C=O) groups is 1. The fourth-order valence-corrected chi connectivity index (χ4v) is 1.58. The van der Waals surface area contributed by atoms with Gasteiger partial charge in [-0.2, -0.15) is 5.26 Å². The minimum Gasteiger partial charge on any atom is -0.496 e. The van der Waals surface area contributed by atoms with Gasteiger partial charge in [0.05, 0.1) is 25.3 Å². The van der Waals surface area contributed by atoms with Crippen molar-refractivity contribution < 1.29 is 14.3 Å². The van der Waals surface area contributed by atoms with Crippen molar-refractivity contribution in [3.63, 3.8) is 0 Å². The van der Waals surface area contributed by atoms with Crippen LogP contribution in [-0.2, 0) is 4.74 Å². The lowest BCUT2D eigenvalue weighted by Crippen LogP contribution is -2.08. The van der Waals surface area contributed by atoms with Crippen LogP contribution in [0.15, 0.2) is 17.0 Å². The van der Waals surface area contributed by atoms with E-state index < -0.39 is 5.97 Å². The van der Waals surface area contributed by atoms with Crippen LogP contribution >= 0.6 is 12.6 Å². The van der Waals surface area contributed by atoms with E-state index in [1.165, 1.54) is 19.2 Å².